The molecule has 3 N–H and O–H groups in total. The first-order valence-corrected chi connectivity index (χ1v) is 7.15. The summed E-state index contributed by atoms with van der Waals surface area (Å²) in [5.74, 6) is 0.872. The molecule has 1 saturated carbocycles. The summed E-state index contributed by atoms with van der Waals surface area (Å²) in [5, 5.41) is 9.90. The van der Waals surface area contributed by atoms with Crippen LogP contribution in [0.2, 0.25) is 0 Å². The van der Waals surface area contributed by atoms with E-state index in [0.29, 0.717) is 12.6 Å². The van der Waals surface area contributed by atoms with E-state index in [1.165, 1.54) is 12.8 Å². The summed E-state index contributed by atoms with van der Waals surface area (Å²) in [6.45, 7) is 7.26. The summed E-state index contributed by atoms with van der Waals surface area (Å²) in [6.07, 6.45) is 4.49. The molecule has 1 aliphatic rings. The fraction of sp³-hybridized carbons (Fsp3) is 1.00. The molecule has 108 valence electrons. The van der Waals surface area contributed by atoms with E-state index in [4.69, 9.17) is 10.5 Å². The molecular weight excluding hydrogens is 228 g/mol. The zero-order valence-corrected chi connectivity index (χ0v) is 12.2. The minimum atomic E-state index is -0.713. The molecule has 0 bridgehead atoms. The van der Waals surface area contributed by atoms with Crippen molar-refractivity contribution in [3.63, 3.8) is 0 Å². The van der Waals surface area contributed by atoms with Crippen LogP contribution in [-0.4, -0.2) is 55.0 Å². The molecule has 0 radical (unpaired) electrons. The van der Waals surface area contributed by atoms with Crippen molar-refractivity contribution in [2.75, 3.05) is 33.4 Å². The molecule has 18 heavy (non-hydrogen) atoms. The Balaban J connectivity index is 2.31. The SMILES string of the molecule is COCCN(CCCC(C)(O)CN)C(C)C1CC1. The van der Waals surface area contributed by atoms with Crippen molar-refractivity contribution >= 4 is 0 Å². The highest BCUT2D eigenvalue weighted by Crippen LogP contribution is 2.35. The zero-order valence-electron chi connectivity index (χ0n) is 12.2. The minimum Gasteiger partial charge on any atom is -0.389 e. The number of hydrogen-bond acceptors (Lipinski definition) is 4. The summed E-state index contributed by atoms with van der Waals surface area (Å²) in [7, 11) is 1.75. The van der Waals surface area contributed by atoms with Crippen molar-refractivity contribution < 1.29 is 9.84 Å². The van der Waals surface area contributed by atoms with Crippen molar-refractivity contribution in [2.24, 2.45) is 11.7 Å². The summed E-state index contributed by atoms with van der Waals surface area (Å²) in [6, 6.07) is 0.642. The average Bonchev–Trinajstić information content (AvgIpc) is 3.16. The molecule has 0 aromatic carbocycles. The first kappa shape index (κ1) is 15.9. The van der Waals surface area contributed by atoms with E-state index >= 15 is 0 Å². The highest BCUT2D eigenvalue weighted by Gasteiger charge is 2.31. The highest BCUT2D eigenvalue weighted by atomic mass is 16.5. The fourth-order valence-electron chi connectivity index (χ4n) is 2.37. The molecule has 2 atom stereocenters. The largest absolute Gasteiger partial charge is 0.389 e. The maximum atomic E-state index is 9.90. The van der Waals surface area contributed by atoms with Crippen LogP contribution in [0.4, 0.5) is 0 Å². The summed E-state index contributed by atoms with van der Waals surface area (Å²) >= 11 is 0. The first-order valence-electron chi connectivity index (χ1n) is 7.15. The number of methoxy groups -OCH3 is 1. The first-order chi connectivity index (χ1) is 8.50. The number of hydrogen-bond donors (Lipinski definition) is 2. The Kier molecular flexibility index (Phi) is 6.57. The zero-order chi connectivity index (χ0) is 13.6. The Morgan fingerprint density at radius 3 is 2.61 bits per heavy atom. The Morgan fingerprint density at radius 2 is 2.11 bits per heavy atom. The number of aliphatic hydroxyl groups is 1. The summed E-state index contributed by atoms with van der Waals surface area (Å²) < 4.78 is 5.18. The van der Waals surface area contributed by atoms with Crippen LogP contribution in [0.1, 0.15) is 39.5 Å². The van der Waals surface area contributed by atoms with Crippen LogP contribution in [0.3, 0.4) is 0 Å². The fourth-order valence-corrected chi connectivity index (χ4v) is 2.37. The average molecular weight is 258 g/mol. The van der Waals surface area contributed by atoms with Gasteiger partial charge < -0.3 is 15.6 Å². The lowest BCUT2D eigenvalue weighted by atomic mass is 10.00. The van der Waals surface area contributed by atoms with E-state index in [1.54, 1.807) is 7.11 Å². The van der Waals surface area contributed by atoms with Gasteiger partial charge in [0.25, 0.3) is 0 Å². The van der Waals surface area contributed by atoms with E-state index in [2.05, 4.69) is 11.8 Å². The van der Waals surface area contributed by atoms with Gasteiger partial charge >= 0.3 is 0 Å². The predicted octanol–water partition coefficient (Wildman–Crippen LogP) is 1.22. The second kappa shape index (κ2) is 7.43. The Hall–Kier alpha value is -0.160. The van der Waals surface area contributed by atoms with E-state index in [9.17, 15) is 5.11 Å². The van der Waals surface area contributed by atoms with Crippen LogP contribution in [0, 0.1) is 5.92 Å². The molecule has 4 heteroatoms. The van der Waals surface area contributed by atoms with Crippen LogP contribution in [-0.2, 0) is 4.74 Å². The second-order valence-electron chi connectivity index (χ2n) is 5.91. The number of ether oxygens (including phenoxy) is 1. The maximum absolute atomic E-state index is 9.90. The third kappa shape index (κ3) is 5.65. The summed E-state index contributed by atoms with van der Waals surface area (Å²) in [5.41, 5.74) is 4.83. The van der Waals surface area contributed by atoms with Gasteiger partial charge in [0.05, 0.1) is 12.2 Å². The van der Waals surface area contributed by atoms with Gasteiger partial charge in [-0.05, 0) is 52.0 Å². The van der Waals surface area contributed by atoms with E-state index < -0.39 is 5.60 Å². The third-order valence-electron chi connectivity index (χ3n) is 4.06. The lowest BCUT2D eigenvalue weighted by Crippen LogP contribution is -2.40. The van der Waals surface area contributed by atoms with Gasteiger partial charge in [0.2, 0.25) is 0 Å². The number of rotatable bonds is 10. The quantitative estimate of drug-likeness (QED) is 0.618. The molecule has 0 heterocycles. The molecule has 0 aliphatic heterocycles. The molecule has 0 aromatic heterocycles. The van der Waals surface area contributed by atoms with Crippen LogP contribution >= 0.6 is 0 Å². The van der Waals surface area contributed by atoms with Gasteiger partial charge in [-0.1, -0.05) is 0 Å². The Bertz CT molecular complexity index is 230. The van der Waals surface area contributed by atoms with Crippen LogP contribution in [0.25, 0.3) is 0 Å². The maximum Gasteiger partial charge on any atom is 0.0741 e. The molecule has 0 saturated heterocycles. The van der Waals surface area contributed by atoms with Crippen molar-refractivity contribution in [1.29, 1.82) is 0 Å². The lowest BCUT2D eigenvalue weighted by molar-refractivity contribution is 0.0495. The van der Waals surface area contributed by atoms with E-state index in [-0.39, 0.29) is 0 Å². The minimum absolute atomic E-state index is 0.337. The van der Waals surface area contributed by atoms with Crippen LogP contribution in [0.5, 0.6) is 0 Å². The molecular formula is C14H30N2O2. The van der Waals surface area contributed by atoms with Crippen molar-refractivity contribution in [3.8, 4) is 0 Å². The Morgan fingerprint density at radius 1 is 1.44 bits per heavy atom. The highest BCUT2D eigenvalue weighted by molar-refractivity contribution is 4.85. The number of nitrogens with two attached hydrogens (primary N) is 1. The molecule has 0 spiro atoms. The topological polar surface area (TPSA) is 58.7 Å². The predicted molar refractivity (Wildman–Crippen MR) is 74.5 cm³/mol. The molecule has 1 rings (SSSR count). The lowest BCUT2D eigenvalue weighted by Gasteiger charge is -2.30. The van der Waals surface area contributed by atoms with Gasteiger partial charge in [-0.15, -0.1) is 0 Å². The number of nitrogens with zero attached hydrogens (tertiary/aromatic N) is 1. The normalized spacial score (nSPS) is 21.0. The third-order valence-corrected chi connectivity index (χ3v) is 4.06. The van der Waals surface area contributed by atoms with Crippen molar-refractivity contribution in [3.05, 3.63) is 0 Å². The van der Waals surface area contributed by atoms with Crippen molar-refractivity contribution in [1.82, 2.24) is 4.90 Å². The molecule has 1 aliphatic carbocycles. The summed E-state index contributed by atoms with van der Waals surface area (Å²) in [4.78, 5) is 2.49. The molecule has 2 unspecified atom stereocenters. The molecule has 4 nitrogen and oxygen atoms in total. The van der Waals surface area contributed by atoms with Gasteiger partial charge in [0.1, 0.15) is 0 Å². The molecule has 1 fully saturated rings. The Labute approximate surface area is 111 Å². The van der Waals surface area contributed by atoms with Crippen LogP contribution in [0.15, 0.2) is 0 Å². The van der Waals surface area contributed by atoms with E-state index in [1.807, 2.05) is 6.92 Å². The van der Waals surface area contributed by atoms with Gasteiger partial charge in [0.15, 0.2) is 0 Å². The smallest absolute Gasteiger partial charge is 0.0741 e. The molecule has 0 aromatic rings. The van der Waals surface area contributed by atoms with Gasteiger partial charge in [-0.2, -0.15) is 0 Å². The second-order valence-corrected chi connectivity index (χ2v) is 5.91. The van der Waals surface area contributed by atoms with Gasteiger partial charge in [-0.3, -0.25) is 4.90 Å². The van der Waals surface area contributed by atoms with Crippen molar-refractivity contribution in [2.45, 2.75) is 51.2 Å². The van der Waals surface area contributed by atoms with Gasteiger partial charge in [-0.25, -0.2) is 0 Å². The van der Waals surface area contributed by atoms with Crippen LogP contribution < -0.4 is 5.73 Å². The van der Waals surface area contributed by atoms with E-state index in [0.717, 1.165) is 38.5 Å². The van der Waals surface area contributed by atoms with Gasteiger partial charge in [0, 0.05) is 26.2 Å². The standard InChI is InChI=1S/C14H30N2O2/c1-12(13-5-6-13)16(9-10-18-3)8-4-7-14(2,17)11-15/h12-13,17H,4-11,15H2,1-3H3. The monoisotopic (exact) mass is 258 g/mol. The molecule has 0 amide bonds.